The molecular formula is C20H17ClN2O2. The highest BCUT2D eigenvalue weighted by Crippen LogP contribution is 2.47. The number of fused-ring (bicyclic) bond motifs is 6. The molecule has 0 saturated carbocycles. The number of aromatic nitrogens is 1. The Balaban J connectivity index is 1.80. The van der Waals surface area contributed by atoms with Crippen molar-refractivity contribution in [1.82, 2.24) is 10.3 Å². The van der Waals surface area contributed by atoms with Crippen LogP contribution in [0.25, 0.3) is 10.9 Å². The van der Waals surface area contributed by atoms with Gasteiger partial charge in [0.15, 0.2) is 0 Å². The van der Waals surface area contributed by atoms with Gasteiger partial charge in [-0.15, -0.1) is 0 Å². The van der Waals surface area contributed by atoms with Crippen LogP contribution < -0.4 is 5.32 Å². The van der Waals surface area contributed by atoms with Crippen LogP contribution in [-0.2, 0) is 23.2 Å². The lowest BCUT2D eigenvalue weighted by Crippen LogP contribution is -2.55. The number of benzene rings is 2. The Morgan fingerprint density at radius 2 is 2.08 bits per heavy atom. The molecule has 1 aliphatic heterocycles. The van der Waals surface area contributed by atoms with E-state index in [-0.39, 0.29) is 0 Å². The predicted molar refractivity (Wildman–Crippen MR) is 97.1 cm³/mol. The van der Waals surface area contributed by atoms with E-state index < -0.39 is 17.6 Å². The second-order valence-corrected chi connectivity index (χ2v) is 7.41. The van der Waals surface area contributed by atoms with E-state index in [1.54, 1.807) is 0 Å². The van der Waals surface area contributed by atoms with Crippen molar-refractivity contribution < 1.29 is 9.90 Å². The van der Waals surface area contributed by atoms with Crippen molar-refractivity contribution in [2.24, 2.45) is 0 Å². The Kier molecular flexibility index (Phi) is 3.06. The molecule has 1 spiro atoms. The van der Waals surface area contributed by atoms with Crippen molar-refractivity contribution in [1.29, 1.82) is 0 Å². The van der Waals surface area contributed by atoms with E-state index in [9.17, 15) is 9.90 Å². The molecule has 4 nitrogen and oxygen atoms in total. The van der Waals surface area contributed by atoms with Crippen molar-refractivity contribution in [3.8, 4) is 0 Å². The van der Waals surface area contributed by atoms with E-state index in [4.69, 9.17) is 11.6 Å². The highest BCUT2D eigenvalue weighted by molar-refractivity contribution is 6.30. The fourth-order valence-corrected chi connectivity index (χ4v) is 4.80. The van der Waals surface area contributed by atoms with Gasteiger partial charge in [-0.3, -0.25) is 10.1 Å². The number of carboxylic acid groups (broad SMARTS) is 1. The normalized spacial score (nSPS) is 24.4. The van der Waals surface area contributed by atoms with Crippen molar-refractivity contribution in [3.05, 3.63) is 69.9 Å². The number of halogens is 1. The Morgan fingerprint density at radius 3 is 2.92 bits per heavy atom. The summed E-state index contributed by atoms with van der Waals surface area (Å²) in [6.45, 7) is 0. The quantitative estimate of drug-likeness (QED) is 0.627. The summed E-state index contributed by atoms with van der Waals surface area (Å²) in [7, 11) is 0. The zero-order chi connectivity index (χ0) is 17.2. The van der Waals surface area contributed by atoms with Crippen LogP contribution in [0.15, 0.2) is 42.5 Å². The molecule has 0 saturated heterocycles. The van der Waals surface area contributed by atoms with Crippen LogP contribution in [0.2, 0.25) is 5.02 Å². The average molecular weight is 353 g/mol. The second kappa shape index (κ2) is 5.10. The minimum absolute atomic E-state index is 0.485. The van der Waals surface area contributed by atoms with Gasteiger partial charge in [-0.1, -0.05) is 35.9 Å². The number of rotatable bonds is 1. The van der Waals surface area contributed by atoms with Gasteiger partial charge in [-0.2, -0.15) is 0 Å². The van der Waals surface area contributed by atoms with Gasteiger partial charge in [0.05, 0.1) is 5.54 Å². The number of hydrogen-bond acceptors (Lipinski definition) is 2. The first-order valence-electron chi connectivity index (χ1n) is 8.48. The Morgan fingerprint density at radius 1 is 1.24 bits per heavy atom. The number of para-hydroxylation sites is 1. The monoisotopic (exact) mass is 352 g/mol. The van der Waals surface area contributed by atoms with Gasteiger partial charge in [-0.05, 0) is 47.7 Å². The maximum atomic E-state index is 11.8. The third-order valence-electron chi connectivity index (χ3n) is 5.66. The van der Waals surface area contributed by atoms with Crippen LogP contribution in [0.1, 0.15) is 28.8 Å². The van der Waals surface area contributed by atoms with E-state index in [2.05, 4.69) is 22.4 Å². The number of aliphatic carboxylic acids is 1. The first-order chi connectivity index (χ1) is 12.1. The highest BCUT2D eigenvalue weighted by Gasteiger charge is 2.48. The lowest BCUT2D eigenvalue weighted by Gasteiger charge is -2.39. The lowest BCUT2D eigenvalue weighted by molar-refractivity contribution is -0.140. The SMILES string of the molecule is O=C(O)[C@@H]1Cc2c([nH]c3ccccc23)[C@]2(CCc3cc(Cl)ccc32)N1. The Hall–Kier alpha value is -2.30. The summed E-state index contributed by atoms with van der Waals surface area (Å²) in [6, 6.07) is 13.5. The summed E-state index contributed by atoms with van der Waals surface area (Å²) >= 11 is 6.17. The summed E-state index contributed by atoms with van der Waals surface area (Å²) in [5.74, 6) is -0.808. The molecule has 0 radical (unpaired) electrons. The minimum atomic E-state index is -0.808. The highest BCUT2D eigenvalue weighted by atomic mass is 35.5. The van der Waals surface area contributed by atoms with Crippen LogP contribution in [0.5, 0.6) is 0 Å². The molecule has 5 rings (SSSR count). The maximum absolute atomic E-state index is 11.8. The number of H-pyrrole nitrogens is 1. The van der Waals surface area contributed by atoms with Crippen LogP contribution in [0, 0.1) is 0 Å². The standard InChI is InChI=1S/C20H17ClN2O2/c21-12-5-6-15-11(9-12)7-8-20(15)18-14(10-17(23-20)19(24)25)13-3-1-2-4-16(13)22-18/h1-6,9,17,22-23H,7-8,10H2,(H,24,25)/t17-,20+/m0/s1. The second-order valence-electron chi connectivity index (χ2n) is 6.97. The molecule has 0 unspecified atom stereocenters. The van der Waals surface area contributed by atoms with Crippen molar-refractivity contribution >= 4 is 28.5 Å². The fraction of sp³-hybridized carbons (Fsp3) is 0.250. The third-order valence-corrected chi connectivity index (χ3v) is 5.90. The van der Waals surface area contributed by atoms with Crippen molar-refractivity contribution in [3.63, 3.8) is 0 Å². The van der Waals surface area contributed by atoms with E-state index in [1.165, 1.54) is 5.56 Å². The molecule has 1 aromatic heterocycles. The predicted octanol–water partition coefficient (Wildman–Crippen LogP) is 3.61. The van der Waals surface area contributed by atoms with Crippen LogP contribution in [-0.4, -0.2) is 22.1 Å². The topological polar surface area (TPSA) is 65.1 Å². The zero-order valence-corrected chi connectivity index (χ0v) is 14.2. The van der Waals surface area contributed by atoms with Gasteiger partial charge in [0.1, 0.15) is 6.04 Å². The number of nitrogens with one attached hydrogen (secondary N) is 2. The van der Waals surface area contributed by atoms with Gasteiger partial charge in [0.25, 0.3) is 0 Å². The van der Waals surface area contributed by atoms with Crippen molar-refractivity contribution in [2.45, 2.75) is 30.8 Å². The van der Waals surface area contributed by atoms with Crippen LogP contribution >= 0.6 is 11.6 Å². The third kappa shape index (κ3) is 2.01. The smallest absolute Gasteiger partial charge is 0.321 e. The van der Waals surface area contributed by atoms with E-state index in [0.29, 0.717) is 6.42 Å². The van der Waals surface area contributed by atoms with E-state index >= 15 is 0 Å². The molecule has 2 atom stereocenters. The first-order valence-corrected chi connectivity index (χ1v) is 8.86. The molecule has 3 N–H and O–H groups in total. The molecule has 2 heterocycles. The molecular weight excluding hydrogens is 336 g/mol. The molecule has 2 aliphatic rings. The summed E-state index contributed by atoms with van der Waals surface area (Å²) in [5.41, 5.74) is 5.11. The molecule has 2 aromatic carbocycles. The first kappa shape index (κ1) is 15.0. The fourth-order valence-electron chi connectivity index (χ4n) is 4.60. The van der Waals surface area contributed by atoms with E-state index in [0.717, 1.165) is 45.6 Å². The summed E-state index contributed by atoms with van der Waals surface area (Å²) < 4.78 is 0. The Bertz CT molecular complexity index is 1030. The number of aromatic amines is 1. The average Bonchev–Trinajstić information content (AvgIpc) is 3.15. The number of carbonyl (C=O) groups is 1. The number of aryl methyl sites for hydroxylation is 1. The van der Waals surface area contributed by atoms with E-state index in [1.807, 2.05) is 30.3 Å². The van der Waals surface area contributed by atoms with Gasteiger partial charge in [0.2, 0.25) is 0 Å². The van der Waals surface area contributed by atoms with Crippen molar-refractivity contribution in [2.75, 3.05) is 0 Å². The summed E-state index contributed by atoms with van der Waals surface area (Å²) in [5, 5.41) is 15.0. The molecule has 1 aliphatic carbocycles. The number of hydrogen-bond donors (Lipinski definition) is 3. The minimum Gasteiger partial charge on any atom is -0.480 e. The molecule has 126 valence electrons. The largest absolute Gasteiger partial charge is 0.480 e. The molecule has 0 amide bonds. The molecule has 0 fully saturated rings. The molecule has 5 heteroatoms. The van der Waals surface area contributed by atoms with Gasteiger partial charge < -0.3 is 10.1 Å². The molecule has 3 aromatic rings. The Labute approximate surface area is 149 Å². The van der Waals surface area contributed by atoms with Gasteiger partial charge in [-0.25, -0.2) is 0 Å². The number of carboxylic acids is 1. The molecule has 25 heavy (non-hydrogen) atoms. The maximum Gasteiger partial charge on any atom is 0.321 e. The van der Waals surface area contributed by atoms with Gasteiger partial charge >= 0.3 is 5.97 Å². The lowest BCUT2D eigenvalue weighted by atomic mass is 9.80. The summed E-state index contributed by atoms with van der Waals surface area (Å²) in [6.07, 6.45) is 2.19. The van der Waals surface area contributed by atoms with Crippen LogP contribution in [0.4, 0.5) is 0 Å². The van der Waals surface area contributed by atoms with Crippen LogP contribution in [0.3, 0.4) is 0 Å². The molecule has 0 bridgehead atoms. The summed E-state index contributed by atoms with van der Waals surface area (Å²) in [4.78, 5) is 15.4. The van der Waals surface area contributed by atoms with Gasteiger partial charge in [0, 0.05) is 28.0 Å². The zero-order valence-electron chi connectivity index (χ0n) is 13.5.